The minimum Gasteiger partial charge on any atom is -0.482 e. The summed E-state index contributed by atoms with van der Waals surface area (Å²) in [6.07, 6.45) is 0.496. The van der Waals surface area contributed by atoms with Gasteiger partial charge in [0, 0.05) is 18.1 Å². The molecule has 0 aliphatic heterocycles. The molecule has 0 bridgehead atoms. The lowest BCUT2D eigenvalue weighted by atomic mass is 10.1. The summed E-state index contributed by atoms with van der Waals surface area (Å²) >= 11 is 9.49. The molecule has 0 radical (unpaired) electrons. The van der Waals surface area contributed by atoms with E-state index in [4.69, 9.17) is 16.3 Å². The van der Waals surface area contributed by atoms with Crippen molar-refractivity contribution in [3.8, 4) is 5.75 Å². The van der Waals surface area contributed by atoms with Crippen LogP contribution in [0.1, 0.15) is 24.5 Å². The maximum absolute atomic E-state index is 13.0. The van der Waals surface area contributed by atoms with Crippen LogP contribution in [0.4, 0.5) is 0 Å². The Hall–Kier alpha value is -2.05. The highest BCUT2D eigenvalue weighted by Crippen LogP contribution is 2.27. The van der Waals surface area contributed by atoms with Gasteiger partial charge in [-0.25, -0.2) is 0 Å². The van der Waals surface area contributed by atoms with Crippen molar-refractivity contribution in [3.63, 3.8) is 0 Å². The summed E-state index contributed by atoms with van der Waals surface area (Å²) in [7, 11) is 1.57. The van der Waals surface area contributed by atoms with Crippen LogP contribution < -0.4 is 10.1 Å². The molecular formula is C21H24BrClN2O3. The molecule has 0 saturated carbocycles. The van der Waals surface area contributed by atoms with Crippen molar-refractivity contribution in [1.82, 2.24) is 10.2 Å². The van der Waals surface area contributed by atoms with Gasteiger partial charge in [-0.2, -0.15) is 0 Å². The summed E-state index contributed by atoms with van der Waals surface area (Å²) in [5.41, 5.74) is 2.08. The van der Waals surface area contributed by atoms with Gasteiger partial charge in [-0.1, -0.05) is 64.3 Å². The number of amides is 2. The Morgan fingerprint density at radius 2 is 1.89 bits per heavy atom. The van der Waals surface area contributed by atoms with Crippen LogP contribution in [0.2, 0.25) is 5.02 Å². The number of rotatable bonds is 8. The molecule has 2 amide bonds. The molecule has 0 saturated heterocycles. The topological polar surface area (TPSA) is 58.6 Å². The Bertz CT molecular complexity index is 827. The van der Waals surface area contributed by atoms with Gasteiger partial charge in [0.1, 0.15) is 11.8 Å². The van der Waals surface area contributed by atoms with Gasteiger partial charge in [0.15, 0.2) is 6.61 Å². The Labute approximate surface area is 179 Å². The second-order valence-corrected chi connectivity index (χ2v) is 7.73. The minimum absolute atomic E-state index is 0.204. The summed E-state index contributed by atoms with van der Waals surface area (Å²) in [4.78, 5) is 26.8. The molecule has 0 aromatic heterocycles. The third kappa shape index (κ3) is 5.97. The number of hydrogen-bond acceptors (Lipinski definition) is 3. The average molecular weight is 468 g/mol. The van der Waals surface area contributed by atoms with Crippen molar-refractivity contribution in [3.05, 3.63) is 63.1 Å². The van der Waals surface area contributed by atoms with Crippen LogP contribution in [0.15, 0.2) is 46.9 Å². The molecule has 150 valence electrons. The number of carbonyl (C=O) groups excluding carboxylic acids is 2. The summed E-state index contributed by atoms with van der Waals surface area (Å²) in [5, 5.41) is 3.04. The zero-order valence-electron chi connectivity index (χ0n) is 16.2. The molecule has 0 heterocycles. The molecule has 0 fully saturated rings. The third-order valence-corrected chi connectivity index (χ3v) is 5.14. The number of nitrogens with one attached hydrogen (secondary N) is 1. The standard InChI is InChI=1S/C21H24BrClN2O3/c1-4-18(21(27)24-3)25(12-15-7-5-14(2)6-8-15)20(26)13-28-19-10-9-16(22)11-17(19)23/h5-11,18H,4,12-13H2,1-3H3,(H,24,27)/t18-/m0/s1. The van der Waals surface area contributed by atoms with E-state index in [0.29, 0.717) is 23.7 Å². The fraction of sp³-hybridized carbons (Fsp3) is 0.333. The van der Waals surface area contributed by atoms with E-state index in [-0.39, 0.29) is 18.4 Å². The van der Waals surface area contributed by atoms with Crippen LogP contribution >= 0.6 is 27.5 Å². The van der Waals surface area contributed by atoms with E-state index in [0.717, 1.165) is 15.6 Å². The van der Waals surface area contributed by atoms with Crippen molar-refractivity contribution in [2.75, 3.05) is 13.7 Å². The first kappa shape index (κ1) is 22.2. The van der Waals surface area contributed by atoms with Crippen LogP contribution in [0.25, 0.3) is 0 Å². The van der Waals surface area contributed by atoms with Crippen LogP contribution in [0, 0.1) is 6.92 Å². The van der Waals surface area contributed by atoms with Gasteiger partial charge in [-0.05, 0) is 37.1 Å². The molecule has 1 N–H and O–H groups in total. The molecule has 0 spiro atoms. The van der Waals surface area contributed by atoms with E-state index in [1.54, 1.807) is 30.1 Å². The number of hydrogen-bond donors (Lipinski definition) is 1. The maximum Gasteiger partial charge on any atom is 0.261 e. The maximum atomic E-state index is 13.0. The predicted octanol–water partition coefficient (Wildman–Crippen LogP) is 4.34. The predicted molar refractivity (Wildman–Crippen MR) is 115 cm³/mol. The quantitative estimate of drug-likeness (QED) is 0.628. The molecule has 1 atom stereocenters. The first-order chi connectivity index (χ1) is 13.3. The van der Waals surface area contributed by atoms with Gasteiger partial charge < -0.3 is 15.0 Å². The highest BCUT2D eigenvalue weighted by molar-refractivity contribution is 9.10. The second-order valence-electron chi connectivity index (χ2n) is 6.41. The Morgan fingerprint density at radius 3 is 2.46 bits per heavy atom. The SMILES string of the molecule is CC[C@@H](C(=O)NC)N(Cc1ccc(C)cc1)C(=O)COc1ccc(Br)cc1Cl. The Balaban J connectivity index is 2.19. The van der Waals surface area contributed by atoms with E-state index in [1.807, 2.05) is 38.1 Å². The second kappa shape index (κ2) is 10.5. The largest absolute Gasteiger partial charge is 0.482 e. The number of aryl methyl sites for hydroxylation is 1. The first-order valence-electron chi connectivity index (χ1n) is 9.00. The number of likely N-dealkylation sites (N-methyl/N-ethyl adjacent to an activating group) is 1. The molecule has 0 aliphatic rings. The van der Waals surface area contributed by atoms with Crippen molar-refractivity contribution in [2.45, 2.75) is 32.9 Å². The molecular weight excluding hydrogens is 444 g/mol. The lowest BCUT2D eigenvalue weighted by molar-refractivity contribution is -0.142. The zero-order chi connectivity index (χ0) is 20.7. The summed E-state index contributed by atoms with van der Waals surface area (Å²) < 4.78 is 6.45. The molecule has 5 nitrogen and oxygen atoms in total. The van der Waals surface area contributed by atoms with Crippen molar-refractivity contribution in [2.24, 2.45) is 0 Å². The Morgan fingerprint density at radius 1 is 1.21 bits per heavy atom. The van der Waals surface area contributed by atoms with Crippen LogP contribution in [0.5, 0.6) is 5.75 Å². The molecule has 0 unspecified atom stereocenters. The fourth-order valence-electron chi connectivity index (χ4n) is 2.79. The average Bonchev–Trinajstić information content (AvgIpc) is 2.68. The van der Waals surface area contributed by atoms with E-state index >= 15 is 0 Å². The molecule has 28 heavy (non-hydrogen) atoms. The van der Waals surface area contributed by atoms with Gasteiger partial charge in [0.05, 0.1) is 5.02 Å². The smallest absolute Gasteiger partial charge is 0.261 e. The summed E-state index contributed by atoms with van der Waals surface area (Å²) in [6, 6.07) is 12.5. The Kier molecular flexibility index (Phi) is 8.33. The number of nitrogens with zero attached hydrogens (tertiary/aromatic N) is 1. The minimum atomic E-state index is -0.581. The van der Waals surface area contributed by atoms with Gasteiger partial charge >= 0.3 is 0 Å². The zero-order valence-corrected chi connectivity index (χ0v) is 18.5. The normalized spacial score (nSPS) is 11.6. The van der Waals surface area contributed by atoms with Crippen LogP contribution in [-0.2, 0) is 16.1 Å². The molecule has 2 aromatic rings. The van der Waals surface area contributed by atoms with E-state index < -0.39 is 6.04 Å². The highest BCUT2D eigenvalue weighted by atomic mass is 79.9. The van der Waals surface area contributed by atoms with Crippen molar-refractivity contribution >= 4 is 39.3 Å². The number of halogens is 2. The molecule has 0 aliphatic carbocycles. The lowest BCUT2D eigenvalue weighted by Gasteiger charge is -2.30. The fourth-order valence-corrected chi connectivity index (χ4v) is 3.52. The van der Waals surface area contributed by atoms with Crippen molar-refractivity contribution < 1.29 is 14.3 Å². The van der Waals surface area contributed by atoms with Crippen molar-refractivity contribution in [1.29, 1.82) is 0 Å². The molecule has 7 heteroatoms. The van der Waals surface area contributed by atoms with E-state index in [1.165, 1.54) is 0 Å². The molecule has 2 aromatic carbocycles. The van der Waals surface area contributed by atoms with E-state index in [2.05, 4.69) is 21.2 Å². The third-order valence-electron chi connectivity index (χ3n) is 4.35. The van der Waals surface area contributed by atoms with Crippen LogP contribution in [-0.4, -0.2) is 36.4 Å². The lowest BCUT2D eigenvalue weighted by Crippen LogP contribution is -2.49. The number of carbonyl (C=O) groups is 2. The van der Waals surface area contributed by atoms with Gasteiger partial charge in [0.25, 0.3) is 5.91 Å². The van der Waals surface area contributed by atoms with Gasteiger partial charge in [0.2, 0.25) is 5.91 Å². The monoisotopic (exact) mass is 466 g/mol. The number of ether oxygens (including phenoxy) is 1. The van der Waals surface area contributed by atoms with Gasteiger partial charge in [-0.3, -0.25) is 9.59 Å². The summed E-state index contributed by atoms with van der Waals surface area (Å²) in [5.74, 6) is -0.0684. The summed E-state index contributed by atoms with van der Waals surface area (Å²) in [6.45, 7) is 3.99. The number of benzene rings is 2. The van der Waals surface area contributed by atoms with Crippen LogP contribution in [0.3, 0.4) is 0 Å². The van der Waals surface area contributed by atoms with Gasteiger partial charge in [-0.15, -0.1) is 0 Å². The van der Waals surface area contributed by atoms with E-state index in [9.17, 15) is 9.59 Å². The molecule has 2 rings (SSSR count). The highest BCUT2D eigenvalue weighted by Gasteiger charge is 2.28. The first-order valence-corrected chi connectivity index (χ1v) is 10.2.